The average Bonchev–Trinajstić information content (AvgIpc) is 2.24. The minimum absolute atomic E-state index is 0.185. The number of hydrogen-bond acceptors (Lipinski definition) is 4. The van der Waals surface area contributed by atoms with E-state index in [-0.39, 0.29) is 6.54 Å². The van der Waals surface area contributed by atoms with Crippen molar-refractivity contribution in [1.29, 1.82) is 5.26 Å². The highest BCUT2D eigenvalue weighted by Gasteiger charge is 2.26. The molecule has 90 valence electrons. The van der Waals surface area contributed by atoms with E-state index in [2.05, 4.69) is 4.98 Å². The SMILES string of the molecule is CC(C)(C)N(CC(=O)O)c1ncccc1C#N. The van der Waals surface area contributed by atoms with Crippen LogP contribution in [0.25, 0.3) is 0 Å². The van der Waals surface area contributed by atoms with Crippen molar-refractivity contribution in [2.24, 2.45) is 0 Å². The van der Waals surface area contributed by atoms with E-state index in [1.807, 2.05) is 26.8 Å². The number of aliphatic carboxylic acids is 1. The fourth-order valence-corrected chi connectivity index (χ4v) is 1.46. The van der Waals surface area contributed by atoms with Crippen LogP contribution in [0.1, 0.15) is 26.3 Å². The van der Waals surface area contributed by atoms with Gasteiger partial charge in [-0.15, -0.1) is 0 Å². The molecule has 1 N–H and O–H groups in total. The number of pyridine rings is 1. The lowest BCUT2D eigenvalue weighted by Gasteiger charge is -2.35. The summed E-state index contributed by atoms with van der Waals surface area (Å²) >= 11 is 0. The first-order valence-corrected chi connectivity index (χ1v) is 5.21. The first-order valence-electron chi connectivity index (χ1n) is 5.21. The summed E-state index contributed by atoms with van der Waals surface area (Å²) in [5, 5.41) is 17.9. The smallest absolute Gasteiger partial charge is 0.323 e. The second-order valence-corrected chi connectivity index (χ2v) is 4.64. The number of hydrogen-bond donors (Lipinski definition) is 1. The lowest BCUT2D eigenvalue weighted by Crippen LogP contribution is -2.45. The topological polar surface area (TPSA) is 77.2 Å². The quantitative estimate of drug-likeness (QED) is 0.858. The van der Waals surface area contributed by atoms with Crippen LogP contribution in [-0.2, 0) is 4.79 Å². The Bertz CT molecular complexity index is 458. The van der Waals surface area contributed by atoms with Gasteiger partial charge in [0.15, 0.2) is 0 Å². The number of rotatable bonds is 3. The number of carboxylic acid groups (broad SMARTS) is 1. The summed E-state index contributed by atoms with van der Waals surface area (Å²) in [6.07, 6.45) is 1.55. The van der Waals surface area contributed by atoms with Crippen LogP contribution in [0.2, 0.25) is 0 Å². The van der Waals surface area contributed by atoms with Crippen molar-refractivity contribution in [3.8, 4) is 6.07 Å². The van der Waals surface area contributed by atoms with E-state index in [0.717, 1.165) is 0 Å². The van der Waals surface area contributed by atoms with Gasteiger partial charge in [-0.2, -0.15) is 5.26 Å². The van der Waals surface area contributed by atoms with Gasteiger partial charge in [0.2, 0.25) is 0 Å². The minimum atomic E-state index is -0.950. The van der Waals surface area contributed by atoms with E-state index >= 15 is 0 Å². The highest BCUT2D eigenvalue weighted by atomic mass is 16.4. The van der Waals surface area contributed by atoms with E-state index in [1.54, 1.807) is 23.2 Å². The van der Waals surface area contributed by atoms with E-state index < -0.39 is 11.5 Å². The van der Waals surface area contributed by atoms with Crippen molar-refractivity contribution in [3.05, 3.63) is 23.9 Å². The van der Waals surface area contributed by atoms with Crippen molar-refractivity contribution in [3.63, 3.8) is 0 Å². The van der Waals surface area contributed by atoms with Crippen molar-refractivity contribution >= 4 is 11.8 Å². The molecule has 0 saturated heterocycles. The molecule has 0 bridgehead atoms. The fraction of sp³-hybridized carbons (Fsp3) is 0.417. The summed E-state index contributed by atoms with van der Waals surface area (Å²) < 4.78 is 0. The third-order valence-corrected chi connectivity index (χ3v) is 2.27. The van der Waals surface area contributed by atoms with Crippen LogP contribution >= 0.6 is 0 Å². The summed E-state index contributed by atoms with van der Waals surface area (Å²) in [6, 6.07) is 5.31. The molecule has 1 rings (SSSR count). The van der Waals surface area contributed by atoms with Crippen molar-refractivity contribution < 1.29 is 9.90 Å². The molecule has 1 heterocycles. The van der Waals surface area contributed by atoms with Crippen molar-refractivity contribution in [2.75, 3.05) is 11.4 Å². The zero-order chi connectivity index (χ0) is 13.1. The predicted molar refractivity (Wildman–Crippen MR) is 63.7 cm³/mol. The molecule has 0 atom stereocenters. The number of nitrogens with zero attached hydrogens (tertiary/aromatic N) is 3. The molecular formula is C12H15N3O2. The number of carboxylic acids is 1. The zero-order valence-electron chi connectivity index (χ0n) is 10.1. The van der Waals surface area contributed by atoms with Gasteiger partial charge in [0.25, 0.3) is 0 Å². The maximum atomic E-state index is 10.9. The molecule has 0 radical (unpaired) electrons. The maximum absolute atomic E-state index is 10.9. The van der Waals surface area contributed by atoms with Gasteiger partial charge in [0.05, 0.1) is 5.56 Å². The molecule has 0 spiro atoms. The van der Waals surface area contributed by atoms with Crippen LogP contribution in [-0.4, -0.2) is 28.1 Å². The Hall–Kier alpha value is -2.09. The summed E-state index contributed by atoms with van der Waals surface area (Å²) in [6.45, 7) is 5.46. The number of nitriles is 1. The van der Waals surface area contributed by atoms with Gasteiger partial charge in [0.1, 0.15) is 18.4 Å². The molecule has 0 aliphatic rings. The maximum Gasteiger partial charge on any atom is 0.323 e. The van der Waals surface area contributed by atoms with Crippen molar-refractivity contribution in [1.82, 2.24) is 4.98 Å². The molecule has 5 heteroatoms. The molecule has 0 aromatic carbocycles. The molecule has 0 aliphatic carbocycles. The van der Waals surface area contributed by atoms with Crippen LogP contribution in [0.5, 0.6) is 0 Å². The minimum Gasteiger partial charge on any atom is -0.480 e. The van der Waals surface area contributed by atoms with Crippen LogP contribution < -0.4 is 4.90 Å². The Kier molecular flexibility index (Phi) is 3.69. The first kappa shape index (κ1) is 13.0. The van der Waals surface area contributed by atoms with E-state index in [0.29, 0.717) is 11.4 Å². The van der Waals surface area contributed by atoms with E-state index in [1.165, 1.54) is 0 Å². The average molecular weight is 233 g/mol. The number of anilines is 1. The Morgan fingerprint density at radius 2 is 2.24 bits per heavy atom. The Balaban J connectivity index is 3.23. The van der Waals surface area contributed by atoms with Crippen LogP contribution in [0.15, 0.2) is 18.3 Å². The van der Waals surface area contributed by atoms with Gasteiger partial charge in [-0.25, -0.2) is 4.98 Å². The molecule has 0 amide bonds. The molecule has 0 saturated carbocycles. The summed E-state index contributed by atoms with van der Waals surface area (Å²) in [7, 11) is 0. The van der Waals surface area contributed by atoms with E-state index in [9.17, 15) is 4.79 Å². The van der Waals surface area contributed by atoms with Gasteiger partial charge < -0.3 is 10.0 Å². The van der Waals surface area contributed by atoms with E-state index in [4.69, 9.17) is 10.4 Å². The monoisotopic (exact) mass is 233 g/mol. The molecular weight excluding hydrogens is 218 g/mol. The molecule has 0 aliphatic heterocycles. The van der Waals surface area contributed by atoms with Gasteiger partial charge in [-0.1, -0.05) is 0 Å². The van der Waals surface area contributed by atoms with Gasteiger partial charge in [-0.3, -0.25) is 4.79 Å². The van der Waals surface area contributed by atoms with Crippen LogP contribution in [0, 0.1) is 11.3 Å². The molecule has 0 fully saturated rings. The van der Waals surface area contributed by atoms with Gasteiger partial charge in [0, 0.05) is 11.7 Å². The summed E-state index contributed by atoms with van der Waals surface area (Å²) in [5.41, 5.74) is -0.0399. The first-order chi connectivity index (χ1) is 7.86. The Morgan fingerprint density at radius 1 is 1.59 bits per heavy atom. The van der Waals surface area contributed by atoms with Crippen molar-refractivity contribution in [2.45, 2.75) is 26.3 Å². The second kappa shape index (κ2) is 4.83. The molecule has 1 aromatic heterocycles. The Morgan fingerprint density at radius 3 is 2.71 bits per heavy atom. The second-order valence-electron chi connectivity index (χ2n) is 4.64. The molecule has 1 aromatic rings. The third-order valence-electron chi connectivity index (χ3n) is 2.27. The Labute approximate surface area is 100 Å². The fourth-order valence-electron chi connectivity index (χ4n) is 1.46. The number of carbonyl (C=O) groups is 1. The zero-order valence-corrected chi connectivity index (χ0v) is 10.1. The van der Waals surface area contributed by atoms with Gasteiger partial charge in [-0.05, 0) is 32.9 Å². The third kappa shape index (κ3) is 3.18. The molecule has 0 unspecified atom stereocenters. The highest BCUT2D eigenvalue weighted by molar-refractivity contribution is 5.74. The lowest BCUT2D eigenvalue weighted by molar-refractivity contribution is -0.135. The lowest BCUT2D eigenvalue weighted by atomic mass is 10.0. The van der Waals surface area contributed by atoms with Gasteiger partial charge >= 0.3 is 5.97 Å². The van der Waals surface area contributed by atoms with Crippen LogP contribution in [0.4, 0.5) is 5.82 Å². The molecule has 5 nitrogen and oxygen atoms in total. The largest absolute Gasteiger partial charge is 0.480 e. The molecule has 17 heavy (non-hydrogen) atoms. The highest BCUT2D eigenvalue weighted by Crippen LogP contribution is 2.24. The number of aromatic nitrogens is 1. The summed E-state index contributed by atoms with van der Waals surface area (Å²) in [5.74, 6) is -0.542. The predicted octanol–water partition coefficient (Wildman–Crippen LogP) is 1.64. The van der Waals surface area contributed by atoms with Crippen LogP contribution in [0.3, 0.4) is 0 Å². The normalized spacial score (nSPS) is 10.7. The summed E-state index contributed by atoms with van der Waals surface area (Å²) in [4.78, 5) is 16.6. The standard InChI is InChI=1S/C12H15N3O2/c1-12(2,3)15(8-10(16)17)11-9(7-13)5-4-6-14-11/h4-6H,8H2,1-3H3,(H,16,17).